The van der Waals surface area contributed by atoms with Crippen LogP contribution < -0.4 is 10.1 Å². The lowest BCUT2D eigenvalue weighted by atomic mass is 10.0. The van der Waals surface area contributed by atoms with E-state index >= 15 is 0 Å². The molecule has 0 radical (unpaired) electrons. The first-order valence-corrected chi connectivity index (χ1v) is 15.7. The van der Waals surface area contributed by atoms with Crippen molar-refractivity contribution in [2.24, 2.45) is 0 Å². The number of rotatable bonds is 11. The van der Waals surface area contributed by atoms with E-state index in [1.165, 1.54) is 41.3 Å². The van der Waals surface area contributed by atoms with Gasteiger partial charge >= 0.3 is 5.97 Å². The van der Waals surface area contributed by atoms with Crippen LogP contribution in [-0.2, 0) is 14.3 Å². The number of nitrogens with zero attached hydrogens (tertiary/aromatic N) is 2. The van der Waals surface area contributed by atoms with Gasteiger partial charge in [-0.15, -0.1) is 0 Å². The lowest BCUT2D eigenvalue weighted by Gasteiger charge is -2.26. The first-order chi connectivity index (χ1) is 21.7. The number of nitrogens with one attached hydrogen (secondary N) is 1. The van der Waals surface area contributed by atoms with Crippen LogP contribution in [0.5, 0.6) is 5.75 Å². The molecule has 45 heavy (non-hydrogen) atoms. The molecule has 0 unspecified atom stereocenters. The number of benzene rings is 3. The van der Waals surface area contributed by atoms with Crippen molar-refractivity contribution < 1.29 is 33.4 Å². The summed E-state index contributed by atoms with van der Waals surface area (Å²) in [7, 11) is 0. The smallest absolute Gasteiger partial charge is 0.335 e. The molecule has 2 N–H and O–H groups in total. The molecule has 0 aromatic heterocycles. The maximum atomic E-state index is 14.2. The van der Waals surface area contributed by atoms with E-state index < -0.39 is 11.8 Å². The molecule has 9 nitrogen and oxygen atoms in total. The van der Waals surface area contributed by atoms with Gasteiger partial charge in [0.1, 0.15) is 22.5 Å². The molecule has 2 aliphatic rings. The summed E-state index contributed by atoms with van der Waals surface area (Å²) in [5.74, 6) is -1.74. The molecule has 2 amide bonds. The van der Waals surface area contributed by atoms with Gasteiger partial charge in [-0.25, -0.2) is 9.18 Å². The molecule has 0 saturated carbocycles. The molecule has 0 aliphatic carbocycles. The molecule has 2 aliphatic heterocycles. The lowest BCUT2D eigenvalue weighted by molar-refractivity contribution is -0.122. The predicted octanol–water partition coefficient (Wildman–Crippen LogP) is 5.79. The van der Waals surface area contributed by atoms with Crippen molar-refractivity contribution in [3.8, 4) is 16.9 Å². The number of hydrogen-bond donors (Lipinski definition) is 2. The Bertz CT molecular complexity index is 1650. The Morgan fingerprint density at radius 3 is 2.49 bits per heavy atom. The molecule has 2 saturated heterocycles. The number of carboxylic acids is 1. The van der Waals surface area contributed by atoms with Crippen LogP contribution >= 0.6 is 35.6 Å². The van der Waals surface area contributed by atoms with Crippen LogP contribution in [0.1, 0.15) is 22.3 Å². The third-order valence-electron chi connectivity index (χ3n) is 7.17. The molecular formula is C32H29ClFN3O6S2. The van der Waals surface area contributed by atoms with Crippen molar-refractivity contribution in [2.75, 3.05) is 51.3 Å². The second kappa shape index (κ2) is 15.0. The molecule has 13 heteroatoms. The van der Waals surface area contributed by atoms with Crippen LogP contribution in [0, 0.1) is 5.82 Å². The van der Waals surface area contributed by atoms with E-state index in [1.54, 1.807) is 18.2 Å². The van der Waals surface area contributed by atoms with Gasteiger partial charge in [-0.3, -0.25) is 19.4 Å². The average Bonchev–Trinajstić information content (AvgIpc) is 3.30. The summed E-state index contributed by atoms with van der Waals surface area (Å²) >= 11 is 12.5. The number of carbonyl (C=O) groups excluding carboxylic acids is 2. The summed E-state index contributed by atoms with van der Waals surface area (Å²) in [5.41, 5.74) is 2.49. The maximum Gasteiger partial charge on any atom is 0.335 e. The number of thioether (sulfide) groups is 1. The zero-order valence-corrected chi connectivity index (χ0v) is 26.4. The third kappa shape index (κ3) is 8.47. The fourth-order valence-electron chi connectivity index (χ4n) is 4.72. The number of amides is 2. The number of carboxylic acid groups (broad SMARTS) is 1. The summed E-state index contributed by atoms with van der Waals surface area (Å²) in [6, 6.07) is 15.8. The highest BCUT2D eigenvalue weighted by atomic mass is 35.5. The Balaban J connectivity index is 1.30. The van der Waals surface area contributed by atoms with Crippen molar-refractivity contribution in [1.82, 2.24) is 9.80 Å². The topological polar surface area (TPSA) is 108 Å². The number of hydrogen-bond acceptors (Lipinski definition) is 8. The van der Waals surface area contributed by atoms with Crippen LogP contribution in [0.15, 0.2) is 65.6 Å². The largest absolute Gasteiger partial charge is 0.492 e. The van der Waals surface area contributed by atoms with E-state index in [2.05, 4.69) is 10.2 Å². The SMILES string of the molecule is O=C(CCN1C(=O)/C(=C/c2cc(-c3ccc(Cl)c(F)c3)ccc2OCCN2CCOCC2)SC1=S)Nc1ccc(C(=O)O)cc1. The zero-order valence-electron chi connectivity index (χ0n) is 24.0. The minimum Gasteiger partial charge on any atom is -0.492 e. The summed E-state index contributed by atoms with van der Waals surface area (Å²) in [6.45, 7) is 4.21. The lowest BCUT2D eigenvalue weighted by Crippen LogP contribution is -2.38. The van der Waals surface area contributed by atoms with Crippen LogP contribution in [0.3, 0.4) is 0 Å². The van der Waals surface area contributed by atoms with Gasteiger partial charge in [0.2, 0.25) is 5.91 Å². The van der Waals surface area contributed by atoms with Gasteiger partial charge in [0.25, 0.3) is 5.91 Å². The van der Waals surface area contributed by atoms with E-state index in [1.807, 2.05) is 12.1 Å². The minimum absolute atomic E-state index is 0.0199. The van der Waals surface area contributed by atoms with Crippen molar-refractivity contribution in [1.29, 1.82) is 0 Å². The van der Waals surface area contributed by atoms with E-state index in [0.717, 1.165) is 24.9 Å². The Labute approximate surface area is 273 Å². The van der Waals surface area contributed by atoms with Gasteiger partial charge in [-0.2, -0.15) is 0 Å². The molecule has 5 rings (SSSR count). The molecule has 0 bridgehead atoms. The van der Waals surface area contributed by atoms with Crippen LogP contribution in [0.2, 0.25) is 5.02 Å². The average molecular weight is 670 g/mol. The fraction of sp³-hybridized carbons (Fsp3) is 0.250. The van der Waals surface area contributed by atoms with Crippen molar-refractivity contribution in [3.63, 3.8) is 0 Å². The summed E-state index contributed by atoms with van der Waals surface area (Å²) in [6.07, 6.45) is 1.68. The van der Waals surface area contributed by atoms with Crippen molar-refractivity contribution >= 4 is 69.4 Å². The van der Waals surface area contributed by atoms with E-state index in [-0.39, 0.29) is 35.4 Å². The number of halogens is 2. The first kappa shape index (κ1) is 32.6. The summed E-state index contributed by atoms with van der Waals surface area (Å²) in [5, 5.41) is 11.8. The first-order valence-electron chi connectivity index (χ1n) is 14.1. The van der Waals surface area contributed by atoms with Crippen molar-refractivity contribution in [3.05, 3.63) is 87.5 Å². The number of ether oxygens (including phenoxy) is 2. The minimum atomic E-state index is -1.06. The molecule has 2 fully saturated rings. The summed E-state index contributed by atoms with van der Waals surface area (Å²) < 4.78 is 26.1. The number of morpholine rings is 1. The number of anilines is 1. The molecule has 3 aromatic rings. The Kier molecular flexibility index (Phi) is 10.8. The summed E-state index contributed by atoms with van der Waals surface area (Å²) in [4.78, 5) is 41.0. The van der Waals surface area contributed by atoms with Crippen LogP contribution in [0.4, 0.5) is 10.1 Å². The highest BCUT2D eigenvalue weighted by Gasteiger charge is 2.32. The van der Waals surface area contributed by atoms with E-state index in [9.17, 15) is 18.8 Å². The molecule has 234 valence electrons. The monoisotopic (exact) mass is 669 g/mol. The van der Waals surface area contributed by atoms with Gasteiger partial charge in [-0.1, -0.05) is 47.7 Å². The zero-order chi connectivity index (χ0) is 31.9. The molecule has 0 atom stereocenters. The Hall–Kier alpha value is -3.81. The van der Waals surface area contributed by atoms with Crippen molar-refractivity contribution in [2.45, 2.75) is 6.42 Å². The quantitative estimate of drug-likeness (QED) is 0.194. The molecule has 2 heterocycles. The van der Waals surface area contributed by atoms with Crippen LogP contribution in [0.25, 0.3) is 17.2 Å². The van der Waals surface area contributed by atoms with Gasteiger partial charge in [0, 0.05) is 43.9 Å². The second-order valence-electron chi connectivity index (χ2n) is 10.2. The van der Waals surface area contributed by atoms with Gasteiger partial charge in [-0.05, 0) is 65.7 Å². The second-order valence-corrected chi connectivity index (χ2v) is 12.3. The third-order valence-corrected chi connectivity index (χ3v) is 8.85. The number of thiocarbonyl (C=S) groups is 1. The van der Waals surface area contributed by atoms with E-state index in [0.29, 0.717) is 63.7 Å². The predicted molar refractivity (Wildman–Crippen MR) is 176 cm³/mol. The number of aromatic carboxylic acids is 1. The Morgan fingerprint density at radius 2 is 1.78 bits per heavy atom. The van der Waals surface area contributed by atoms with Gasteiger partial charge in [0.05, 0.1) is 28.7 Å². The highest BCUT2D eigenvalue weighted by molar-refractivity contribution is 8.26. The normalized spacial score (nSPS) is 16.3. The fourth-order valence-corrected chi connectivity index (χ4v) is 6.14. The molecule has 0 spiro atoms. The maximum absolute atomic E-state index is 14.2. The van der Waals surface area contributed by atoms with Gasteiger partial charge in [0.15, 0.2) is 0 Å². The highest BCUT2D eigenvalue weighted by Crippen LogP contribution is 2.36. The molecule has 3 aromatic carbocycles. The Morgan fingerprint density at radius 1 is 1.07 bits per heavy atom. The molecular weight excluding hydrogens is 641 g/mol. The number of carbonyl (C=O) groups is 3. The van der Waals surface area contributed by atoms with E-state index in [4.69, 9.17) is 38.4 Å². The van der Waals surface area contributed by atoms with Crippen LogP contribution in [-0.4, -0.2) is 83.0 Å². The van der Waals surface area contributed by atoms with Gasteiger partial charge < -0.3 is 19.9 Å². The standard InChI is InChI=1S/C32H29ClFN3O6S2/c33-25-7-3-22(18-26(25)34)21-4-8-27(43-16-13-36-11-14-42-15-12-36)23(17-21)19-28-30(39)37(32(44)45-28)10-9-29(38)35-24-5-1-20(2-6-24)31(40)41/h1-8,17-19H,9-16H2,(H,35,38)(H,40,41)/b28-19-.